The maximum Gasteiger partial charge on any atom is 0.282 e. The molecule has 1 heterocycles. The molecule has 3 aromatic carbocycles. The topological polar surface area (TPSA) is 67.5 Å². The molecular weight excluding hydrogens is 422 g/mol. The Hall–Kier alpha value is -3.73. The molecule has 0 atom stereocenters. The van der Waals surface area contributed by atoms with Gasteiger partial charge in [0, 0.05) is 16.7 Å². The Morgan fingerprint density at radius 3 is 2.00 bits per heavy atom. The first kappa shape index (κ1) is 23.4. The Balaban J connectivity index is 1.94. The minimum Gasteiger partial charge on any atom is -0.507 e. The van der Waals surface area contributed by atoms with Crippen LogP contribution in [0.2, 0.25) is 0 Å². The van der Waals surface area contributed by atoms with Crippen LogP contribution >= 0.6 is 0 Å². The van der Waals surface area contributed by atoms with Gasteiger partial charge in [0.1, 0.15) is 5.75 Å². The molecule has 0 amide bonds. The van der Waals surface area contributed by atoms with Crippen molar-refractivity contribution in [1.29, 1.82) is 0 Å². The van der Waals surface area contributed by atoms with Gasteiger partial charge >= 0.3 is 0 Å². The Morgan fingerprint density at radius 2 is 1.41 bits per heavy atom. The van der Waals surface area contributed by atoms with Gasteiger partial charge in [-0.25, -0.2) is 4.98 Å². The molecule has 4 aromatic rings. The normalized spacial score (nSPS) is 12.5. The summed E-state index contributed by atoms with van der Waals surface area (Å²) in [6.45, 7) is 12.4. The fourth-order valence-corrected chi connectivity index (χ4v) is 4.00. The lowest BCUT2D eigenvalue weighted by molar-refractivity contribution is 0.423. The number of fused-ring (bicyclic) bond motifs is 1. The van der Waals surface area contributed by atoms with E-state index in [4.69, 9.17) is 4.98 Å². The van der Waals surface area contributed by atoms with E-state index in [-0.39, 0.29) is 16.4 Å². The number of phenols is 1. The van der Waals surface area contributed by atoms with Gasteiger partial charge < -0.3 is 5.11 Å². The van der Waals surface area contributed by atoms with Gasteiger partial charge in [-0.15, -0.1) is 0 Å². The Labute approximate surface area is 200 Å². The maximum atomic E-state index is 13.4. The van der Waals surface area contributed by atoms with Crippen molar-refractivity contribution in [2.75, 3.05) is 0 Å². The van der Waals surface area contributed by atoms with Crippen molar-refractivity contribution < 1.29 is 5.11 Å². The average molecular weight is 454 g/mol. The summed E-state index contributed by atoms with van der Waals surface area (Å²) >= 11 is 0. The van der Waals surface area contributed by atoms with Gasteiger partial charge in [0.15, 0.2) is 5.82 Å². The van der Waals surface area contributed by atoms with Crippen LogP contribution in [0.15, 0.2) is 76.6 Å². The highest BCUT2D eigenvalue weighted by molar-refractivity contribution is 5.83. The van der Waals surface area contributed by atoms with Crippen LogP contribution in [0, 0.1) is 0 Å². The van der Waals surface area contributed by atoms with E-state index in [1.54, 1.807) is 12.3 Å². The van der Waals surface area contributed by atoms with Crippen LogP contribution in [0.5, 0.6) is 5.75 Å². The number of para-hydroxylation sites is 1. The molecule has 0 aliphatic rings. The zero-order chi connectivity index (χ0) is 24.7. The van der Waals surface area contributed by atoms with Crippen LogP contribution in [-0.2, 0) is 10.8 Å². The standard InChI is InChI=1S/C29H31N3O2/c1-28(2,3)22-16-19(17-23(25(22)33)29(4,5)6)18-30-32-26(20-12-8-7-9-13-20)31-24-15-11-10-14-21(24)27(32)34/h7-18,33H,1-6H3/b30-18+. The number of rotatable bonds is 3. The largest absolute Gasteiger partial charge is 0.507 e. The lowest BCUT2D eigenvalue weighted by atomic mass is 9.78. The molecule has 174 valence electrons. The molecule has 0 spiro atoms. The molecule has 0 unspecified atom stereocenters. The number of hydrogen-bond donors (Lipinski definition) is 1. The van der Waals surface area contributed by atoms with Crippen LogP contribution in [0.4, 0.5) is 0 Å². The van der Waals surface area contributed by atoms with Crippen molar-refractivity contribution in [3.63, 3.8) is 0 Å². The lowest BCUT2D eigenvalue weighted by Gasteiger charge is -2.27. The van der Waals surface area contributed by atoms with E-state index in [0.29, 0.717) is 22.5 Å². The summed E-state index contributed by atoms with van der Waals surface area (Å²) in [5, 5.41) is 16.1. The summed E-state index contributed by atoms with van der Waals surface area (Å²) in [6.07, 6.45) is 1.67. The number of phenolic OH excluding ortho intramolecular Hbond substituents is 1. The van der Waals surface area contributed by atoms with Crippen LogP contribution in [0.25, 0.3) is 22.3 Å². The van der Waals surface area contributed by atoms with Gasteiger partial charge in [-0.1, -0.05) is 84.0 Å². The first-order chi connectivity index (χ1) is 16.0. The van der Waals surface area contributed by atoms with Gasteiger partial charge in [0.2, 0.25) is 0 Å². The smallest absolute Gasteiger partial charge is 0.282 e. The van der Waals surface area contributed by atoms with Crippen LogP contribution in [0.1, 0.15) is 58.2 Å². The second-order valence-corrected chi connectivity index (χ2v) is 10.6. The van der Waals surface area contributed by atoms with E-state index in [2.05, 4.69) is 46.6 Å². The molecule has 0 bridgehead atoms. The fourth-order valence-electron chi connectivity index (χ4n) is 4.00. The van der Waals surface area contributed by atoms with E-state index in [0.717, 1.165) is 22.3 Å². The lowest BCUT2D eigenvalue weighted by Crippen LogP contribution is -2.21. The summed E-state index contributed by atoms with van der Waals surface area (Å²) in [5.74, 6) is 0.790. The molecule has 0 saturated heterocycles. The third kappa shape index (κ3) is 4.51. The van der Waals surface area contributed by atoms with Crippen molar-refractivity contribution in [2.24, 2.45) is 5.10 Å². The quantitative estimate of drug-likeness (QED) is 0.373. The fraction of sp³-hybridized carbons (Fsp3) is 0.276. The summed E-state index contributed by atoms with van der Waals surface area (Å²) in [4.78, 5) is 18.2. The molecule has 0 aliphatic heterocycles. The van der Waals surface area contributed by atoms with E-state index in [1.807, 2.05) is 60.7 Å². The minimum absolute atomic E-state index is 0.230. The monoisotopic (exact) mass is 453 g/mol. The molecule has 1 N–H and O–H groups in total. The summed E-state index contributed by atoms with van der Waals surface area (Å²) in [5.41, 5.74) is 3.18. The Kier molecular flexibility index (Phi) is 5.90. The molecule has 4 rings (SSSR count). The SMILES string of the molecule is CC(C)(C)c1cc(/C=N/n2c(-c3ccccc3)nc3ccccc3c2=O)cc(C(C)(C)C)c1O. The molecule has 0 radical (unpaired) electrons. The van der Waals surface area contributed by atoms with Gasteiger partial charge in [0.25, 0.3) is 5.56 Å². The first-order valence-corrected chi connectivity index (χ1v) is 11.5. The molecule has 0 saturated carbocycles. The Bertz CT molecular complexity index is 1400. The summed E-state index contributed by atoms with van der Waals surface area (Å²) in [7, 11) is 0. The predicted octanol–water partition coefficient (Wildman–Crippen LogP) is 6.25. The maximum absolute atomic E-state index is 13.4. The van der Waals surface area contributed by atoms with Gasteiger partial charge in [-0.05, 0) is 40.7 Å². The highest BCUT2D eigenvalue weighted by atomic mass is 16.3. The van der Waals surface area contributed by atoms with Gasteiger partial charge in [-0.3, -0.25) is 4.79 Å². The van der Waals surface area contributed by atoms with Crippen molar-refractivity contribution >= 4 is 17.1 Å². The Morgan fingerprint density at radius 1 is 0.853 bits per heavy atom. The summed E-state index contributed by atoms with van der Waals surface area (Å²) < 4.78 is 1.36. The number of nitrogens with zero attached hydrogens (tertiary/aromatic N) is 3. The first-order valence-electron chi connectivity index (χ1n) is 11.5. The zero-order valence-electron chi connectivity index (χ0n) is 20.6. The minimum atomic E-state index is -0.259. The van der Waals surface area contributed by atoms with Gasteiger partial charge in [-0.2, -0.15) is 9.78 Å². The molecule has 1 aromatic heterocycles. The van der Waals surface area contributed by atoms with E-state index < -0.39 is 0 Å². The zero-order valence-corrected chi connectivity index (χ0v) is 20.6. The summed E-state index contributed by atoms with van der Waals surface area (Å²) in [6, 6.07) is 20.8. The van der Waals surface area contributed by atoms with E-state index in [1.165, 1.54) is 4.68 Å². The van der Waals surface area contributed by atoms with Crippen LogP contribution < -0.4 is 5.56 Å². The highest BCUT2D eigenvalue weighted by Gasteiger charge is 2.26. The number of aromatic hydroxyl groups is 1. The molecule has 34 heavy (non-hydrogen) atoms. The van der Waals surface area contributed by atoms with Crippen molar-refractivity contribution in [3.8, 4) is 17.1 Å². The number of aromatic nitrogens is 2. The van der Waals surface area contributed by atoms with Crippen LogP contribution in [0.3, 0.4) is 0 Å². The number of benzene rings is 3. The molecule has 0 fully saturated rings. The third-order valence-electron chi connectivity index (χ3n) is 5.86. The predicted molar refractivity (Wildman–Crippen MR) is 140 cm³/mol. The molecule has 0 aliphatic carbocycles. The van der Waals surface area contributed by atoms with Crippen molar-refractivity contribution in [2.45, 2.75) is 52.4 Å². The van der Waals surface area contributed by atoms with E-state index >= 15 is 0 Å². The van der Waals surface area contributed by atoms with Crippen molar-refractivity contribution in [1.82, 2.24) is 9.66 Å². The molecular formula is C29H31N3O2. The molecule has 5 nitrogen and oxygen atoms in total. The number of hydrogen-bond acceptors (Lipinski definition) is 4. The molecule has 5 heteroatoms. The van der Waals surface area contributed by atoms with Crippen LogP contribution in [-0.4, -0.2) is 21.0 Å². The van der Waals surface area contributed by atoms with E-state index in [9.17, 15) is 9.90 Å². The third-order valence-corrected chi connectivity index (χ3v) is 5.86. The highest BCUT2D eigenvalue weighted by Crippen LogP contribution is 2.39. The average Bonchev–Trinajstić information content (AvgIpc) is 2.78. The second kappa shape index (κ2) is 8.56. The van der Waals surface area contributed by atoms with Crippen molar-refractivity contribution in [3.05, 3.63) is 93.8 Å². The van der Waals surface area contributed by atoms with Gasteiger partial charge in [0.05, 0.1) is 17.1 Å². The second-order valence-electron chi connectivity index (χ2n) is 10.6.